The predicted molar refractivity (Wildman–Crippen MR) is 82.6 cm³/mol. The minimum Gasteiger partial charge on any atom is -0.491 e. The van der Waals surface area contributed by atoms with Gasteiger partial charge in [-0.2, -0.15) is 4.40 Å². The Morgan fingerprint density at radius 2 is 2.15 bits per heavy atom. The van der Waals surface area contributed by atoms with E-state index >= 15 is 0 Å². The number of hydrogen-bond acceptors (Lipinski definition) is 3. The Morgan fingerprint density at radius 3 is 2.65 bits per heavy atom. The number of ether oxygens (including phenoxy) is 1. The minimum absolute atomic E-state index is 0.348. The molecule has 0 amide bonds. The van der Waals surface area contributed by atoms with Gasteiger partial charge in [-0.3, -0.25) is 4.98 Å². The highest BCUT2D eigenvalue weighted by Gasteiger charge is 2.38. The molecule has 1 atom stereocenters. The average molecular weight is 294 g/mol. The second-order valence-electron chi connectivity index (χ2n) is 6.61. The summed E-state index contributed by atoms with van der Waals surface area (Å²) in [6, 6.07) is 3.70. The molecule has 0 spiro atoms. The highest BCUT2D eigenvalue weighted by atomic mass is 32.2. The molecule has 1 aromatic rings. The Labute approximate surface area is 123 Å². The van der Waals surface area contributed by atoms with E-state index in [9.17, 15) is 4.21 Å². The molecule has 20 heavy (non-hydrogen) atoms. The summed E-state index contributed by atoms with van der Waals surface area (Å²) in [5, 5.41) is 0. The molecule has 1 heterocycles. The monoisotopic (exact) mass is 294 g/mol. The van der Waals surface area contributed by atoms with Crippen LogP contribution in [-0.2, 0) is 11.0 Å². The zero-order valence-corrected chi connectivity index (χ0v) is 13.4. The number of nitrogens with zero attached hydrogens (tertiary/aromatic N) is 2. The molecule has 1 saturated carbocycles. The van der Waals surface area contributed by atoms with Gasteiger partial charge in [-0.05, 0) is 45.7 Å². The third-order valence-electron chi connectivity index (χ3n) is 3.25. The summed E-state index contributed by atoms with van der Waals surface area (Å²) < 4.78 is 21.2. The quantitative estimate of drug-likeness (QED) is 0.784. The molecular weight excluding hydrogens is 272 g/mol. The summed E-state index contributed by atoms with van der Waals surface area (Å²) in [5.41, 5.74) is 1.05. The molecule has 1 aliphatic rings. The second kappa shape index (κ2) is 5.64. The molecular formula is C15H22N2O2S. The fourth-order valence-corrected chi connectivity index (χ4v) is 1.95. The van der Waals surface area contributed by atoms with E-state index in [0.717, 1.165) is 12.4 Å². The lowest BCUT2D eigenvalue weighted by Crippen LogP contribution is -2.19. The maximum atomic E-state index is 11.8. The first-order valence-corrected chi connectivity index (χ1v) is 7.94. The van der Waals surface area contributed by atoms with Gasteiger partial charge in [0.25, 0.3) is 0 Å². The van der Waals surface area contributed by atoms with Crippen LogP contribution in [0.4, 0.5) is 0 Å². The lowest BCUT2D eigenvalue weighted by atomic mass is 10.2. The molecule has 0 aromatic carbocycles. The van der Waals surface area contributed by atoms with Crippen molar-refractivity contribution in [1.29, 1.82) is 0 Å². The molecule has 2 rings (SSSR count). The van der Waals surface area contributed by atoms with Crippen LogP contribution < -0.4 is 4.74 Å². The van der Waals surface area contributed by atoms with Crippen LogP contribution in [0.25, 0.3) is 0 Å². The SMILES string of the molecule is CC1(COc2ccc(/C=N/[S@](=O)C(C)(C)C)nc2)CC1. The number of aromatic nitrogens is 1. The van der Waals surface area contributed by atoms with Crippen LogP contribution in [0.3, 0.4) is 0 Å². The van der Waals surface area contributed by atoms with Gasteiger partial charge in [0.1, 0.15) is 16.7 Å². The van der Waals surface area contributed by atoms with Crippen molar-refractivity contribution in [3.05, 3.63) is 24.0 Å². The lowest BCUT2D eigenvalue weighted by Gasteiger charge is -2.12. The number of hydrogen-bond donors (Lipinski definition) is 0. The van der Waals surface area contributed by atoms with Crippen LogP contribution in [0.2, 0.25) is 0 Å². The van der Waals surface area contributed by atoms with Gasteiger partial charge in [-0.1, -0.05) is 6.92 Å². The second-order valence-corrected chi connectivity index (χ2v) is 8.55. The van der Waals surface area contributed by atoms with E-state index in [4.69, 9.17) is 4.74 Å². The molecule has 5 heteroatoms. The maximum absolute atomic E-state index is 11.8. The highest BCUT2D eigenvalue weighted by molar-refractivity contribution is 7.85. The van der Waals surface area contributed by atoms with E-state index in [2.05, 4.69) is 16.3 Å². The highest BCUT2D eigenvalue weighted by Crippen LogP contribution is 2.44. The van der Waals surface area contributed by atoms with E-state index in [-0.39, 0.29) is 4.75 Å². The van der Waals surface area contributed by atoms with Crippen molar-refractivity contribution in [3.63, 3.8) is 0 Å². The van der Waals surface area contributed by atoms with Crippen molar-refractivity contribution in [3.8, 4) is 5.75 Å². The topological polar surface area (TPSA) is 51.5 Å². The fraction of sp³-hybridized carbons (Fsp3) is 0.600. The third kappa shape index (κ3) is 4.40. The summed E-state index contributed by atoms with van der Waals surface area (Å²) in [7, 11) is -1.25. The van der Waals surface area contributed by atoms with E-state index in [1.807, 2.05) is 32.9 Å². The van der Waals surface area contributed by atoms with Crippen LogP contribution in [-0.4, -0.2) is 26.8 Å². The van der Waals surface area contributed by atoms with E-state index in [1.165, 1.54) is 12.8 Å². The lowest BCUT2D eigenvalue weighted by molar-refractivity contribution is 0.246. The van der Waals surface area contributed by atoms with Gasteiger partial charge in [-0.15, -0.1) is 0 Å². The smallest absolute Gasteiger partial charge is 0.144 e. The van der Waals surface area contributed by atoms with Crippen molar-refractivity contribution in [2.45, 2.75) is 45.3 Å². The molecule has 0 bridgehead atoms. The summed E-state index contributed by atoms with van der Waals surface area (Å²) in [6.45, 7) is 8.65. The first-order valence-electron chi connectivity index (χ1n) is 6.83. The van der Waals surface area contributed by atoms with Gasteiger partial charge in [0, 0.05) is 5.41 Å². The summed E-state index contributed by atoms with van der Waals surface area (Å²) in [6.07, 6.45) is 5.72. The van der Waals surface area contributed by atoms with Crippen molar-refractivity contribution in [2.24, 2.45) is 9.81 Å². The zero-order valence-electron chi connectivity index (χ0n) is 12.5. The molecule has 0 unspecified atom stereocenters. The Kier molecular flexibility index (Phi) is 4.28. The van der Waals surface area contributed by atoms with Crippen LogP contribution >= 0.6 is 0 Å². The molecule has 1 fully saturated rings. The van der Waals surface area contributed by atoms with Crippen molar-refractivity contribution in [2.75, 3.05) is 6.61 Å². The van der Waals surface area contributed by atoms with Crippen LogP contribution in [0.5, 0.6) is 5.75 Å². The first-order chi connectivity index (χ1) is 9.28. The molecule has 1 aromatic heterocycles. The van der Waals surface area contributed by atoms with Gasteiger partial charge in [0.2, 0.25) is 0 Å². The van der Waals surface area contributed by atoms with E-state index < -0.39 is 11.0 Å². The largest absolute Gasteiger partial charge is 0.491 e. The van der Waals surface area contributed by atoms with Gasteiger partial charge < -0.3 is 4.74 Å². The van der Waals surface area contributed by atoms with E-state index in [0.29, 0.717) is 11.1 Å². The van der Waals surface area contributed by atoms with Crippen molar-refractivity contribution in [1.82, 2.24) is 4.98 Å². The standard InChI is InChI=1S/C15H22N2O2S/c1-14(2,3)20(18)17-9-12-5-6-13(10-16-12)19-11-15(4)7-8-15/h5-6,9-10H,7-8,11H2,1-4H3/b17-9+/t20-/m1/s1. The molecule has 0 N–H and O–H groups in total. The van der Waals surface area contributed by atoms with Gasteiger partial charge in [0.15, 0.2) is 0 Å². The zero-order chi connectivity index (χ0) is 14.8. The third-order valence-corrected chi connectivity index (χ3v) is 4.60. The summed E-state index contributed by atoms with van der Waals surface area (Å²) >= 11 is 0. The molecule has 0 radical (unpaired) electrons. The molecule has 4 nitrogen and oxygen atoms in total. The molecule has 110 valence electrons. The first kappa shape index (κ1) is 15.2. The Balaban J connectivity index is 1.91. The molecule has 0 aliphatic heterocycles. The number of pyridine rings is 1. The van der Waals surface area contributed by atoms with Crippen LogP contribution in [0.1, 0.15) is 46.2 Å². The molecule has 1 aliphatic carbocycles. The van der Waals surface area contributed by atoms with Crippen LogP contribution in [0.15, 0.2) is 22.7 Å². The van der Waals surface area contributed by atoms with Gasteiger partial charge in [0.05, 0.1) is 29.5 Å². The van der Waals surface area contributed by atoms with Gasteiger partial charge in [-0.25, -0.2) is 4.21 Å². The Hall–Kier alpha value is -1.23. The predicted octanol–water partition coefficient (Wildman–Crippen LogP) is 3.14. The van der Waals surface area contributed by atoms with Crippen LogP contribution in [0, 0.1) is 5.41 Å². The summed E-state index contributed by atoms with van der Waals surface area (Å²) in [5.74, 6) is 0.771. The molecule has 0 saturated heterocycles. The van der Waals surface area contributed by atoms with Crippen molar-refractivity contribution < 1.29 is 8.95 Å². The maximum Gasteiger partial charge on any atom is 0.144 e. The normalized spacial score (nSPS) is 19.0. The van der Waals surface area contributed by atoms with Gasteiger partial charge >= 0.3 is 0 Å². The fourth-order valence-electron chi connectivity index (χ4n) is 1.43. The summed E-state index contributed by atoms with van der Waals surface area (Å²) in [4.78, 5) is 4.25. The van der Waals surface area contributed by atoms with E-state index in [1.54, 1.807) is 12.4 Å². The number of rotatable bonds is 5. The average Bonchev–Trinajstić information content (AvgIpc) is 3.12. The minimum atomic E-state index is -1.25. The van der Waals surface area contributed by atoms with Crippen molar-refractivity contribution >= 4 is 17.2 Å². The Morgan fingerprint density at radius 1 is 1.45 bits per heavy atom. The Bertz CT molecular complexity index is 514.